The maximum Gasteiger partial charge on any atom is 0.339 e. The summed E-state index contributed by atoms with van der Waals surface area (Å²) in [5, 5.41) is 0. The zero-order valence-corrected chi connectivity index (χ0v) is 18.5. The van der Waals surface area contributed by atoms with Gasteiger partial charge < -0.3 is 4.74 Å². The van der Waals surface area contributed by atoms with Crippen LogP contribution in [0.15, 0.2) is 57.9 Å². The molecule has 160 valence electrons. The van der Waals surface area contributed by atoms with Crippen LogP contribution in [0, 0.1) is 0 Å². The monoisotopic (exact) mass is 497 g/mol. The fourth-order valence-electron chi connectivity index (χ4n) is 2.24. The van der Waals surface area contributed by atoms with Gasteiger partial charge in [-0.15, -0.1) is 0 Å². The van der Waals surface area contributed by atoms with E-state index in [2.05, 4.69) is 31.5 Å². The van der Waals surface area contributed by atoms with Crippen LogP contribution in [0.3, 0.4) is 0 Å². The number of sulfonamides is 1. The van der Waals surface area contributed by atoms with E-state index in [0.29, 0.717) is 10.0 Å². The highest BCUT2D eigenvalue weighted by molar-refractivity contribution is 9.10. The van der Waals surface area contributed by atoms with Crippen molar-refractivity contribution in [1.29, 1.82) is 0 Å². The van der Waals surface area contributed by atoms with Gasteiger partial charge in [0.1, 0.15) is 0 Å². The van der Waals surface area contributed by atoms with E-state index in [1.165, 1.54) is 12.1 Å². The molecule has 30 heavy (non-hydrogen) atoms. The van der Waals surface area contributed by atoms with E-state index in [1.807, 2.05) is 0 Å². The van der Waals surface area contributed by atoms with Crippen LogP contribution in [-0.2, 0) is 19.6 Å². The average molecular weight is 498 g/mol. The van der Waals surface area contributed by atoms with E-state index < -0.39 is 34.4 Å². The van der Waals surface area contributed by atoms with Crippen LogP contribution in [0.1, 0.15) is 34.6 Å². The molecule has 0 spiro atoms. The van der Waals surface area contributed by atoms with Gasteiger partial charge in [0.25, 0.3) is 11.8 Å². The number of halogens is 1. The zero-order chi connectivity index (χ0) is 22.3. The van der Waals surface area contributed by atoms with Crippen LogP contribution in [-0.4, -0.2) is 38.9 Å². The molecule has 0 aliphatic rings. The number of esters is 1. The van der Waals surface area contributed by atoms with Gasteiger partial charge in [-0.05, 0) is 60.1 Å². The molecule has 2 aromatic carbocycles. The van der Waals surface area contributed by atoms with Gasteiger partial charge in [-0.3, -0.25) is 20.4 Å². The molecule has 0 aliphatic carbocycles. The van der Waals surface area contributed by atoms with Crippen molar-refractivity contribution >= 4 is 43.7 Å². The Balaban J connectivity index is 1.96. The summed E-state index contributed by atoms with van der Waals surface area (Å²) in [6.45, 7) is 2.66. The molecule has 2 aromatic rings. The van der Waals surface area contributed by atoms with Crippen LogP contribution < -0.4 is 15.6 Å². The normalized spacial score (nSPS) is 11.1. The Morgan fingerprint density at radius 2 is 1.70 bits per heavy atom. The van der Waals surface area contributed by atoms with E-state index in [4.69, 9.17) is 4.74 Å². The summed E-state index contributed by atoms with van der Waals surface area (Å²) in [5.41, 5.74) is 4.59. The van der Waals surface area contributed by atoms with E-state index in [0.717, 1.165) is 6.07 Å². The molecule has 9 nitrogen and oxygen atoms in total. The molecular weight excluding hydrogens is 478 g/mol. The predicted molar refractivity (Wildman–Crippen MR) is 112 cm³/mol. The second-order valence-electron chi connectivity index (χ2n) is 6.36. The van der Waals surface area contributed by atoms with Gasteiger partial charge >= 0.3 is 5.97 Å². The Morgan fingerprint density at radius 1 is 1.03 bits per heavy atom. The number of hydrogen-bond acceptors (Lipinski definition) is 6. The van der Waals surface area contributed by atoms with Crippen molar-refractivity contribution in [1.82, 2.24) is 15.6 Å². The van der Waals surface area contributed by atoms with Crippen molar-refractivity contribution < 1.29 is 27.5 Å². The van der Waals surface area contributed by atoms with Crippen LogP contribution in [0.2, 0.25) is 0 Å². The van der Waals surface area contributed by atoms with Gasteiger partial charge in [0, 0.05) is 16.1 Å². The molecule has 0 bridgehead atoms. The molecule has 2 amide bonds. The highest BCUT2D eigenvalue weighted by Crippen LogP contribution is 2.22. The first kappa shape index (κ1) is 23.5. The number of ether oxygens (including phenoxy) is 1. The third kappa shape index (κ3) is 6.65. The van der Waals surface area contributed by atoms with Gasteiger partial charge in [0.2, 0.25) is 10.0 Å². The van der Waals surface area contributed by atoms with Gasteiger partial charge in [-0.25, -0.2) is 17.9 Å². The molecule has 0 atom stereocenters. The van der Waals surface area contributed by atoms with Crippen molar-refractivity contribution in [3.05, 3.63) is 64.1 Å². The molecule has 0 saturated heterocycles. The maximum absolute atomic E-state index is 12.3. The smallest absolute Gasteiger partial charge is 0.339 e. The first-order valence-corrected chi connectivity index (χ1v) is 11.0. The molecule has 2 rings (SSSR count). The largest absolute Gasteiger partial charge is 0.452 e. The molecule has 0 saturated carbocycles. The Kier molecular flexibility index (Phi) is 8.09. The summed E-state index contributed by atoms with van der Waals surface area (Å²) in [4.78, 5) is 35.9. The molecule has 0 unspecified atom stereocenters. The number of hydrogen-bond donors (Lipinski definition) is 3. The minimum absolute atomic E-state index is 0.0669. The lowest BCUT2D eigenvalue weighted by Gasteiger charge is -2.12. The lowest BCUT2D eigenvalue weighted by Crippen LogP contribution is -2.43. The van der Waals surface area contributed by atoms with E-state index in [1.54, 1.807) is 44.2 Å². The first-order chi connectivity index (χ1) is 14.1. The number of amides is 2. The van der Waals surface area contributed by atoms with Crippen LogP contribution >= 0.6 is 15.9 Å². The average Bonchev–Trinajstić information content (AvgIpc) is 2.70. The van der Waals surface area contributed by atoms with Gasteiger partial charge in [-0.2, -0.15) is 0 Å². The standard InChI is InChI=1S/C19H20BrN3O6S/c1-12(2)23-30(27,28)14-8-9-16(20)15(10-14)19(26)29-11-17(24)21-22-18(25)13-6-4-3-5-7-13/h3-10,12,23H,11H2,1-2H3,(H,21,24)(H,22,25). The van der Waals surface area contributed by atoms with Crippen LogP contribution in [0.4, 0.5) is 0 Å². The number of carbonyl (C=O) groups is 3. The lowest BCUT2D eigenvalue weighted by molar-refractivity contribution is -0.125. The SMILES string of the molecule is CC(C)NS(=O)(=O)c1ccc(Br)c(C(=O)OCC(=O)NNC(=O)c2ccccc2)c1. The molecule has 0 radical (unpaired) electrons. The lowest BCUT2D eigenvalue weighted by atomic mass is 10.2. The summed E-state index contributed by atoms with van der Waals surface area (Å²) >= 11 is 3.16. The van der Waals surface area contributed by atoms with Crippen molar-refractivity contribution in [3.8, 4) is 0 Å². The molecule has 0 aliphatic heterocycles. The summed E-state index contributed by atoms with van der Waals surface area (Å²) in [7, 11) is -3.81. The highest BCUT2D eigenvalue weighted by Gasteiger charge is 2.20. The molecule has 0 fully saturated rings. The van der Waals surface area contributed by atoms with Crippen molar-refractivity contribution in [2.24, 2.45) is 0 Å². The zero-order valence-electron chi connectivity index (χ0n) is 16.1. The fraction of sp³-hybridized carbons (Fsp3) is 0.211. The molecule has 0 aromatic heterocycles. The number of nitrogens with one attached hydrogen (secondary N) is 3. The van der Waals surface area contributed by atoms with E-state index in [9.17, 15) is 22.8 Å². The third-order valence-electron chi connectivity index (χ3n) is 3.54. The van der Waals surface area contributed by atoms with Gasteiger partial charge in [0.05, 0.1) is 10.5 Å². The third-order valence-corrected chi connectivity index (χ3v) is 5.89. The summed E-state index contributed by atoms with van der Waals surface area (Å²) in [6.07, 6.45) is 0. The predicted octanol–water partition coefficient (Wildman–Crippen LogP) is 1.75. The summed E-state index contributed by atoms with van der Waals surface area (Å²) < 4.78 is 32.2. The second-order valence-corrected chi connectivity index (χ2v) is 8.93. The summed E-state index contributed by atoms with van der Waals surface area (Å²) in [6, 6.07) is 11.7. The minimum Gasteiger partial charge on any atom is -0.452 e. The topological polar surface area (TPSA) is 131 Å². The summed E-state index contributed by atoms with van der Waals surface area (Å²) in [5.74, 6) is -2.21. The fourth-order valence-corrected chi connectivity index (χ4v) is 3.92. The first-order valence-electron chi connectivity index (χ1n) is 8.73. The number of hydrazine groups is 1. The molecule has 11 heteroatoms. The highest BCUT2D eigenvalue weighted by atomic mass is 79.9. The Labute approximate surface area is 182 Å². The minimum atomic E-state index is -3.81. The van der Waals surface area contributed by atoms with Crippen molar-refractivity contribution in [3.63, 3.8) is 0 Å². The van der Waals surface area contributed by atoms with E-state index in [-0.39, 0.29) is 16.5 Å². The number of benzene rings is 2. The number of rotatable bonds is 7. The van der Waals surface area contributed by atoms with E-state index >= 15 is 0 Å². The second kappa shape index (κ2) is 10.3. The quantitative estimate of drug-likeness (QED) is 0.394. The van der Waals surface area contributed by atoms with Gasteiger partial charge in [-0.1, -0.05) is 18.2 Å². The van der Waals surface area contributed by atoms with Crippen molar-refractivity contribution in [2.75, 3.05) is 6.61 Å². The number of carbonyl (C=O) groups excluding carboxylic acids is 3. The Morgan fingerprint density at radius 3 is 2.33 bits per heavy atom. The van der Waals surface area contributed by atoms with Crippen LogP contribution in [0.25, 0.3) is 0 Å². The van der Waals surface area contributed by atoms with Gasteiger partial charge in [0.15, 0.2) is 6.61 Å². The Hall–Kier alpha value is -2.76. The molecule has 3 N–H and O–H groups in total. The molecular formula is C19H20BrN3O6S. The molecule has 0 heterocycles. The van der Waals surface area contributed by atoms with Crippen LogP contribution in [0.5, 0.6) is 0 Å². The Bertz CT molecular complexity index is 1040. The van der Waals surface area contributed by atoms with Crippen molar-refractivity contribution in [2.45, 2.75) is 24.8 Å². The maximum atomic E-state index is 12.3.